The van der Waals surface area contributed by atoms with Crippen molar-refractivity contribution >= 4 is 28.8 Å². The van der Waals surface area contributed by atoms with Crippen LogP contribution in [0.4, 0.5) is 0 Å². The summed E-state index contributed by atoms with van der Waals surface area (Å²) < 4.78 is 8.14. The quantitative estimate of drug-likeness (QED) is 0.612. The molecule has 8 nitrogen and oxygen atoms in total. The number of amides is 1. The molecule has 1 aromatic carbocycles. The fraction of sp³-hybridized carbons (Fsp3) is 0.455. The fourth-order valence-electron chi connectivity index (χ4n) is 4.82. The zero-order chi connectivity index (χ0) is 22.3. The van der Waals surface area contributed by atoms with E-state index in [-0.39, 0.29) is 5.60 Å². The Labute approximate surface area is 195 Å². The molecule has 1 saturated heterocycles. The predicted molar refractivity (Wildman–Crippen MR) is 122 cm³/mol. The first-order chi connectivity index (χ1) is 15.4. The molecule has 3 aromatic rings. The number of fused-ring (bicyclic) bond motifs is 2. The highest BCUT2D eigenvalue weighted by Gasteiger charge is 2.43. The summed E-state index contributed by atoms with van der Waals surface area (Å²) in [7, 11) is 0. The topological polar surface area (TPSA) is 99.2 Å². The summed E-state index contributed by atoms with van der Waals surface area (Å²) in [6.07, 6.45) is 6.23. The van der Waals surface area contributed by atoms with Crippen LogP contribution in [0.3, 0.4) is 0 Å². The molecule has 0 radical (unpaired) electrons. The zero-order valence-corrected chi connectivity index (χ0v) is 19.4. The van der Waals surface area contributed by atoms with Crippen molar-refractivity contribution in [3.63, 3.8) is 0 Å². The van der Waals surface area contributed by atoms with Gasteiger partial charge in [-0.25, -0.2) is 9.67 Å². The molecule has 168 valence electrons. The van der Waals surface area contributed by atoms with E-state index in [0.717, 1.165) is 54.7 Å². The summed E-state index contributed by atoms with van der Waals surface area (Å²) in [5, 5.41) is 10.1. The Balaban J connectivity index is 1.25. The number of nitrogens with zero attached hydrogens (tertiary/aromatic N) is 5. The number of hydrogen-bond donors (Lipinski definition) is 1. The van der Waals surface area contributed by atoms with Gasteiger partial charge in [0, 0.05) is 24.2 Å². The summed E-state index contributed by atoms with van der Waals surface area (Å²) in [5.74, 6) is -0.461. The number of ether oxygens (including phenoxy) is 1. The van der Waals surface area contributed by atoms with E-state index in [1.54, 1.807) is 4.68 Å². The molecule has 2 atom stereocenters. The van der Waals surface area contributed by atoms with Crippen LogP contribution in [0.15, 0.2) is 30.6 Å². The van der Waals surface area contributed by atoms with E-state index in [0.29, 0.717) is 17.5 Å². The van der Waals surface area contributed by atoms with Gasteiger partial charge in [0.15, 0.2) is 0 Å². The van der Waals surface area contributed by atoms with Crippen molar-refractivity contribution in [2.45, 2.75) is 50.9 Å². The van der Waals surface area contributed by atoms with Crippen molar-refractivity contribution in [2.75, 3.05) is 13.2 Å². The third-order valence-corrected chi connectivity index (χ3v) is 7.64. The number of likely N-dealkylation sites (tertiary alicyclic amines) is 1. The van der Waals surface area contributed by atoms with E-state index in [4.69, 9.17) is 22.1 Å². The Hall–Kier alpha value is -2.33. The molecule has 0 unspecified atom stereocenters. The summed E-state index contributed by atoms with van der Waals surface area (Å²) in [6, 6.07) is 6.54. The van der Waals surface area contributed by atoms with Crippen molar-refractivity contribution in [2.24, 2.45) is 5.73 Å². The van der Waals surface area contributed by atoms with Crippen LogP contribution >= 0.6 is 22.9 Å². The average Bonchev–Trinajstić information content (AvgIpc) is 3.41. The minimum atomic E-state index is -0.461. The first kappa shape index (κ1) is 21.5. The molecule has 2 N–H and O–H groups in total. The van der Waals surface area contributed by atoms with Gasteiger partial charge in [-0.3, -0.25) is 9.69 Å². The second kappa shape index (κ2) is 8.55. The first-order valence-corrected chi connectivity index (χ1v) is 11.9. The minimum absolute atomic E-state index is 0.255. The highest BCUT2D eigenvalue weighted by atomic mass is 35.5. The Bertz CT molecular complexity index is 1150. The number of nitrogens with two attached hydrogens (primary N) is 1. The molecule has 1 fully saturated rings. The second-order valence-electron chi connectivity index (χ2n) is 8.56. The fourth-order valence-corrected chi connectivity index (χ4v) is 5.75. The van der Waals surface area contributed by atoms with Crippen LogP contribution in [0.25, 0.3) is 0 Å². The van der Waals surface area contributed by atoms with Gasteiger partial charge in [0.05, 0.1) is 36.8 Å². The van der Waals surface area contributed by atoms with Crippen LogP contribution in [0.5, 0.6) is 0 Å². The summed E-state index contributed by atoms with van der Waals surface area (Å²) in [5.41, 5.74) is 8.57. The zero-order valence-electron chi connectivity index (χ0n) is 17.8. The molecule has 5 rings (SSSR count). The van der Waals surface area contributed by atoms with Crippen LogP contribution in [0.2, 0.25) is 5.02 Å². The summed E-state index contributed by atoms with van der Waals surface area (Å²) in [6.45, 7) is 5.10. The lowest BCUT2D eigenvalue weighted by Crippen LogP contribution is -2.50. The van der Waals surface area contributed by atoms with Crippen LogP contribution in [0, 0.1) is 0 Å². The molecule has 2 aromatic heterocycles. The maximum absolute atomic E-state index is 11.3. The van der Waals surface area contributed by atoms with E-state index in [1.807, 2.05) is 12.3 Å². The number of aromatic nitrogens is 4. The molecule has 1 amide bonds. The first-order valence-electron chi connectivity index (χ1n) is 10.7. The number of halogens is 1. The Morgan fingerprint density at radius 1 is 1.41 bits per heavy atom. The molecule has 4 heterocycles. The number of carbonyl (C=O) groups excluding carboxylic acids is 1. The molecular weight excluding hydrogens is 448 g/mol. The van der Waals surface area contributed by atoms with E-state index >= 15 is 0 Å². The van der Waals surface area contributed by atoms with Gasteiger partial charge in [0.25, 0.3) is 5.91 Å². The van der Waals surface area contributed by atoms with E-state index < -0.39 is 5.91 Å². The number of rotatable bonds is 5. The molecule has 2 aliphatic heterocycles. The van der Waals surface area contributed by atoms with Crippen molar-refractivity contribution in [3.05, 3.63) is 62.3 Å². The molecule has 0 aliphatic carbocycles. The average molecular weight is 473 g/mol. The van der Waals surface area contributed by atoms with Crippen LogP contribution in [0.1, 0.15) is 51.3 Å². The largest absolute Gasteiger partial charge is 0.370 e. The van der Waals surface area contributed by atoms with Crippen LogP contribution in [-0.2, 0) is 29.8 Å². The molecule has 1 spiro atoms. The highest BCUT2D eigenvalue weighted by Crippen LogP contribution is 2.44. The van der Waals surface area contributed by atoms with E-state index in [9.17, 15) is 4.79 Å². The van der Waals surface area contributed by atoms with Gasteiger partial charge in [0.2, 0.25) is 0 Å². The molecule has 32 heavy (non-hydrogen) atoms. The number of hydrogen-bond acceptors (Lipinski definition) is 7. The Morgan fingerprint density at radius 3 is 3.06 bits per heavy atom. The lowest BCUT2D eigenvalue weighted by molar-refractivity contribution is -0.113. The number of thiazole rings is 1. The molecule has 10 heteroatoms. The standard InChI is InChI=1S/C22H25ClN6O2S/c1-14-9-22(18-8-16(23)3-2-15(18)4-7-31-22)5-6-28(14)11-17-12-29(27-26-17)13-20-25-10-19(32-20)21(24)30/h2-3,8,10,12,14H,4-7,9,11,13H2,1H3,(H2,24,30)/t14-,22+/m0/s1. The summed E-state index contributed by atoms with van der Waals surface area (Å²) in [4.78, 5) is 18.4. The van der Waals surface area contributed by atoms with Gasteiger partial charge in [-0.15, -0.1) is 16.4 Å². The van der Waals surface area contributed by atoms with Crippen LogP contribution in [-0.4, -0.2) is 50.0 Å². The highest BCUT2D eigenvalue weighted by molar-refractivity contribution is 7.13. The lowest BCUT2D eigenvalue weighted by Gasteiger charge is -2.48. The Kier molecular flexibility index (Phi) is 5.75. The Morgan fingerprint density at radius 2 is 2.28 bits per heavy atom. The van der Waals surface area contributed by atoms with Crippen molar-refractivity contribution in [1.29, 1.82) is 0 Å². The van der Waals surface area contributed by atoms with Gasteiger partial charge in [-0.05, 0) is 49.4 Å². The number of benzene rings is 1. The molecule has 2 aliphatic rings. The second-order valence-corrected chi connectivity index (χ2v) is 10.1. The maximum atomic E-state index is 11.3. The van der Waals surface area contributed by atoms with Crippen molar-refractivity contribution in [3.8, 4) is 0 Å². The minimum Gasteiger partial charge on any atom is -0.370 e. The van der Waals surface area contributed by atoms with Crippen LogP contribution < -0.4 is 5.73 Å². The molecule has 0 saturated carbocycles. The molecule has 0 bridgehead atoms. The number of primary amides is 1. The van der Waals surface area contributed by atoms with Gasteiger partial charge >= 0.3 is 0 Å². The van der Waals surface area contributed by atoms with Gasteiger partial charge in [-0.1, -0.05) is 22.9 Å². The van der Waals surface area contributed by atoms with E-state index in [1.165, 1.54) is 28.7 Å². The van der Waals surface area contributed by atoms with Gasteiger partial charge < -0.3 is 10.5 Å². The smallest absolute Gasteiger partial charge is 0.260 e. The van der Waals surface area contributed by atoms with Gasteiger partial charge in [0.1, 0.15) is 9.88 Å². The lowest BCUT2D eigenvalue weighted by atomic mass is 9.77. The number of piperidine rings is 1. The molecular formula is C22H25ClN6O2S. The number of carbonyl (C=O) groups is 1. The SMILES string of the molecule is C[C@H]1C[C@@]2(CCN1Cc1cn(Cc3ncc(C(N)=O)s3)nn1)OCCc1ccc(Cl)cc12. The third-order valence-electron chi connectivity index (χ3n) is 6.41. The van der Waals surface area contributed by atoms with Crippen molar-refractivity contribution < 1.29 is 9.53 Å². The predicted octanol–water partition coefficient (Wildman–Crippen LogP) is 2.99. The monoisotopic (exact) mass is 472 g/mol. The third kappa shape index (κ3) is 4.17. The van der Waals surface area contributed by atoms with Gasteiger partial charge in [-0.2, -0.15) is 0 Å². The maximum Gasteiger partial charge on any atom is 0.260 e. The van der Waals surface area contributed by atoms with E-state index in [2.05, 4.69) is 39.3 Å². The summed E-state index contributed by atoms with van der Waals surface area (Å²) >= 11 is 7.60. The van der Waals surface area contributed by atoms with Crippen molar-refractivity contribution in [1.82, 2.24) is 24.9 Å². The normalized spacial score (nSPS) is 23.4.